The quantitative estimate of drug-likeness (QED) is 0.732. The van der Waals surface area contributed by atoms with Crippen LogP contribution in [0.1, 0.15) is 48.8 Å². The number of carbonyl (C=O) groups is 2. The minimum atomic E-state index is -0.283. The van der Waals surface area contributed by atoms with E-state index >= 15 is 0 Å². The summed E-state index contributed by atoms with van der Waals surface area (Å²) < 4.78 is 2.88. The zero-order valence-corrected chi connectivity index (χ0v) is 16.8. The molecule has 3 heterocycles. The van der Waals surface area contributed by atoms with Gasteiger partial charge >= 0.3 is 0 Å². The average molecular weight is 398 g/mol. The summed E-state index contributed by atoms with van der Waals surface area (Å²) in [6.45, 7) is 5.20. The summed E-state index contributed by atoms with van der Waals surface area (Å²) in [4.78, 5) is 30.8. The van der Waals surface area contributed by atoms with Crippen LogP contribution in [0.25, 0.3) is 15.3 Å². The molecule has 0 atom stereocenters. The fourth-order valence-electron chi connectivity index (χ4n) is 3.54. The number of hydrogen-bond acceptors (Lipinski definition) is 5. The van der Waals surface area contributed by atoms with E-state index in [2.05, 4.69) is 23.9 Å². The van der Waals surface area contributed by atoms with Crippen LogP contribution in [0.3, 0.4) is 0 Å². The van der Waals surface area contributed by atoms with Crippen molar-refractivity contribution < 1.29 is 9.59 Å². The van der Waals surface area contributed by atoms with E-state index in [0.29, 0.717) is 31.6 Å². The SMILES string of the molecule is CC(C)c1cc(C(=O)N2CCC(C(N)=O)CC2)nn1-c1nc2ccccc2s1. The molecule has 2 aromatic heterocycles. The molecule has 0 spiro atoms. The zero-order chi connectivity index (χ0) is 19.8. The number of rotatable bonds is 4. The molecule has 1 fully saturated rings. The summed E-state index contributed by atoms with van der Waals surface area (Å²) in [6, 6.07) is 9.82. The maximum atomic E-state index is 13.0. The number of thiazole rings is 1. The largest absolute Gasteiger partial charge is 0.369 e. The third-order valence-corrected chi connectivity index (χ3v) is 6.21. The molecule has 7 nitrogen and oxygen atoms in total. The molecule has 0 saturated carbocycles. The minimum absolute atomic E-state index is 0.107. The van der Waals surface area contributed by atoms with Crippen LogP contribution in [0.2, 0.25) is 0 Å². The number of aromatic nitrogens is 3. The molecule has 28 heavy (non-hydrogen) atoms. The number of fused-ring (bicyclic) bond motifs is 1. The van der Waals surface area contributed by atoms with Crippen molar-refractivity contribution in [1.29, 1.82) is 0 Å². The first kappa shape index (κ1) is 18.6. The number of primary amides is 1. The average Bonchev–Trinajstić information content (AvgIpc) is 3.31. The monoisotopic (exact) mass is 397 g/mol. The lowest BCUT2D eigenvalue weighted by molar-refractivity contribution is -0.123. The summed E-state index contributed by atoms with van der Waals surface area (Å²) in [5.41, 5.74) is 7.68. The van der Waals surface area contributed by atoms with Crippen LogP contribution < -0.4 is 5.73 Å². The molecule has 8 heteroatoms. The van der Waals surface area contributed by atoms with Crippen LogP contribution in [-0.2, 0) is 4.79 Å². The molecule has 1 aliphatic heterocycles. The highest BCUT2D eigenvalue weighted by molar-refractivity contribution is 7.20. The van der Waals surface area contributed by atoms with Gasteiger partial charge in [-0.2, -0.15) is 5.10 Å². The Kier molecular flexibility index (Phi) is 4.89. The van der Waals surface area contributed by atoms with Crippen LogP contribution in [0.4, 0.5) is 0 Å². The van der Waals surface area contributed by atoms with E-state index in [4.69, 9.17) is 5.73 Å². The highest BCUT2D eigenvalue weighted by Gasteiger charge is 2.28. The van der Waals surface area contributed by atoms with Crippen LogP contribution in [-0.4, -0.2) is 44.6 Å². The molecule has 0 bridgehead atoms. The number of likely N-dealkylation sites (tertiary alicyclic amines) is 1. The molecule has 146 valence electrons. The molecule has 0 unspecified atom stereocenters. The normalized spacial score (nSPS) is 15.5. The third kappa shape index (κ3) is 3.40. The molecule has 0 radical (unpaired) electrons. The Morgan fingerprint density at radius 2 is 1.93 bits per heavy atom. The highest BCUT2D eigenvalue weighted by atomic mass is 32.1. The van der Waals surface area contributed by atoms with E-state index in [9.17, 15) is 9.59 Å². The fraction of sp³-hybridized carbons (Fsp3) is 0.400. The van der Waals surface area contributed by atoms with Crippen LogP contribution >= 0.6 is 11.3 Å². The maximum absolute atomic E-state index is 13.0. The van der Waals surface area contributed by atoms with Gasteiger partial charge in [-0.15, -0.1) is 0 Å². The van der Waals surface area contributed by atoms with Gasteiger partial charge in [-0.1, -0.05) is 37.3 Å². The number of benzene rings is 1. The smallest absolute Gasteiger partial charge is 0.274 e. The fourth-order valence-corrected chi connectivity index (χ4v) is 4.48. The Bertz CT molecular complexity index is 997. The Morgan fingerprint density at radius 1 is 1.21 bits per heavy atom. The van der Waals surface area contributed by atoms with Gasteiger partial charge in [-0.3, -0.25) is 9.59 Å². The van der Waals surface area contributed by atoms with E-state index in [-0.39, 0.29) is 23.7 Å². The summed E-state index contributed by atoms with van der Waals surface area (Å²) in [7, 11) is 0. The number of piperidine rings is 1. The first-order valence-electron chi connectivity index (χ1n) is 9.48. The Balaban J connectivity index is 1.63. The number of para-hydroxylation sites is 1. The molecular weight excluding hydrogens is 374 g/mol. The minimum Gasteiger partial charge on any atom is -0.369 e. The lowest BCUT2D eigenvalue weighted by atomic mass is 9.96. The van der Waals surface area contributed by atoms with Crippen molar-refractivity contribution >= 4 is 33.4 Å². The van der Waals surface area contributed by atoms with Gasteiger partial charge in [0.25, 0.3) is 5.91 Å². The molecule has 1 saturated heterocycles. The second-order valence-corrected chi connectivity index (χ2v) is 8.46. The predicted molar refractivity (Wildman–Crippen MR) is 109 cm³/mol. The number of carbonyl (C=O) groups excluding carboxylic acids is 2. The molecule has 1 aromatic carbocycles. The third-order valence-electron chi connectivity index (χ3n) is 5.20. The summed E-state index contributed by atoms with van der Waals surface area (Å²) in [5.74, 6) is -0.337. The Labute approximate surface area is 167 Å². The predicted octanol–water partition coefficient (Wildman–Crippen LogP) is 2.94. The van der Waals surface area contributed by atoms with Gasteiger partial charge in [0.05, 0.1) is 15.9 Å². The Hall–Kier alpha value is -2.74. The molecular formula is C20H23N5O2S. The second-order valence-electron chi connectivity index (χ2n) is 7.45. The van der Waals surface area contributed by atoms with E-state index in [1.54, 1.807) is 20.9 Å². The van der Waals surface area contributed by atoms with Gasteiger partial charge in [-0.25, -0.2) is 9.67 Å². The maximum Gasteiger partial charge on any atom is 0.274 e. The van der Waals surface area contributed by atoms with Gasteiger partial charge in [0.1, 0.15) is 0 Å². The molecule has 2 N–H and O–H groups in total. The number of nitrogens with zero attached hydrogens (tertiary/aromatic N) is 4. The van der Waals surface area contributed by atoms with Crippen molar-refractivity contribution in [2.24, 2.45) is 11.7 Å². The first-order chi connectivity index (χ1) is 13.4. The standard InChI is InChI=1S/C20H23N5O2S/c1-12(2)16-11-15(19(27)24-9-7-13(8-10-24)18(21)26)23-25(16)20-22-14-5-3-4-6-17(14)28-20/h3-6,11-13H,7-10H2,1-2H3,(H2,21,26). The topological polar surface area (TPSA) is 94.1 Å². The number of hydrogen-bond donors (Lipinski definition) is 1. The molecule has 2 amide bonds. The van der Waals surface area contributed by atoms with Gasteiger partial charge < -0.3 is 10.6 Å². The lowest BCUT2D eigenvalue weighted by Crippen LogP contribution is -2.41. The molecule has 1 aliphatic rings. The van der Waals surface area contributed by atoms with Crippen molar-refractivity contribution in [3.8, 4) is 5.13 Å². The van der Waals surface area contributed by atoms with Crippen molar-refractivity contribution in [3.05, 3.63) is 41.7 Å². The molecule has 4 rings (SSSR count). The van der Waals surface area contributed by atoms with Crippen molar-refractivity contribution in [1.82, 2.24) is 19.7 Å². The van der Waals surface area contributed by atoms with Crippen molar-refractivity contribution in [3.63, 3.8) is 0 Å². The number of amides is 2. The van der Waals surface area contributed by atoms with Crippen molar-refractivity contribution in [2.75, 3.05) is 13.1 Å². The van der Waals surface area contributed by atoms with Crippen LogP contribution in [0.15, 0.2) is 30.3 Å². The lowest BCUT2D eigenvalue weighted by Gasteiger charge is -2.29. The summed E-state index contributed by atoms with van der Waals surface area (Å²) in [6.07, 6.45) is 1.22. The van der Waals surface area contributed by atoms with Gasteiger partial charge in [0.2, 0.25) is 11.0 Å². The molecule has 3 aromatic rings. The summed E-state index contributed by atoms with van der Waals surface area (Å²) >= 11 is 1.56. The second kappa shape index (κ2) is 7.35. The van der Waals surface area contributed by atoms with E-state index < -0.39 is 0 Å². The number of nitrogens with two attached hydrogens (primary N) is 1. The van der Waals surface area contributed by atoms with Crippen molar-refractivity contribution in [2.45, 2.75) is 32.6 Å². The van der Waals surface area contributed by atoms with E-state index in [1.165, 1.54) is 0 Å². The zero-order valence-electron chi connectivity index (χ0n) is 16.0. The van der Waals surface area contributed by atoms with Gasteiger partial charge in [0, 0.05) is 19.0 Å². The van der Waals surface area contributed by atoms with Gasteiger partial charge in [0.15, 0.2) is 5.69 Å². The highest BCUT2D eigenvalue weighted by Crippen LogP contribution is 2.28. The van der Waals surface area contributed by atoms with Crippen LogP contribution in [0, 0.1) is 5.92 Å². The first-order valence-corrected chi connectivity index (χ1v) is 10.3. The molecule has 0 aliphatic carbocycles. The summed E-state index contributed by atoms with van der Waals surface area (Å²) in [5, 5.41) is 5.37. The Morgan fingerprint density at radius 3 is 2.57 bits per heavy atom. The van der Waals surface area contributed by atoms with E-state index in [0.717, 1.165) is 21.0 Å². The van der Waals surface area contributed by atoms with E-state index in [1.807, 2.05) is 30.3 Å². The van der Waals surface area contributed by atoms with Gasteiger partial charge in [-0.05, 0) is 37.0 Å². The van der Waals surface area contributed by atoms with Crippen LogP contribution in [0.5, 0.6) is 0 Å².